The van der Waals surface area contributed by atoms with Crippen LogP contribution < -0.4 is 25.8 Å². The van der Waals surface area contributed by atoms with Gasteiger partial charge in [0.25, 0.3) is 11.6 Å². The zero-order valence-corrected chi connectivity index (χ0v) is 16.3. The van der Waals surface area contributed by atoms with E-state index in [-0.39, 0.29) is 10.7 Å². The molecule has 150 valence electrons. The Morgan fingerprint density at radius 3 is 2.69 bits per heavy atom. The molecule has 0 spiro atoms. The normalized spacial score (nSPS) is 15.9. The van der Waals surface area contributed by atoms with Crippen LogP contribution in [-0.2, 0) is 4.79 Å². The average molecular weight is 413 g/mol. The molecule has 3 N–H and O–H groups in total. The lowest BCUT2D eigenvalue weighted by Gasteiger charge is -2.30. The molecule has 2 aromatic rings. The van der Waals surface area contributed by atoms with Gasteiger partial charge in [0.15, 0.2) is 5.11 Å². The van der Waals surface area contributed by atoms with Crippen LogP contribution in [-0.4, -0.2) is 23.1 Å². The molecule has 0 unspecified atom stereocenters. The number of nitro benzene ring substituents is 1. The first kappa shape index (κ1) is 20.1. The number of nitro groups is 1. The van der Waals surface area contributed by atoms with Crippen LogP contribution in [0.25, 0.3) is 0 Å². The molecular formula is C19H17N4O5S-. The number of amides is 1. The quantitative estimate of drug-likeness (QED) is 0.386. The molecule has 1 aliphatic heterocycles. The summed E-state index contributed by atoms with van der Waals surface area (Å²) >= 11 is 5.18. The van der Waals surface area contributed by atoms with E-state index in [9.17, 15) is 20.0 Å². The third-order valence-electron chi connectivity index (χ3n) is 4.38. The first-order chi connectivity index (χ1) is 13.8. The maximum absolute atomic E-state index is 13.1. The number of hydrogen-bond donors (Lipinski definition) is 3. The van der Waals surface area contributed by atoms with Crippen molar-refractivity contribution in [1.82, 2.24) is 10.6 Å². The highest BCUT2D eigenvalue weighted by Crippen LogP contribution is 2.33. The molecule has 0 aliphatic carbocycles. The Morgan fingerprint density at radius 1 is 1.28 bits per heavy atom. The van der Waals surface area contributed by atoms with Crippen molar-refractivity contribution in [2.45, 2.75) is 13.0 Å². The molecule has 0 bridgehead atoms. The summed E-state index contributed by atoms with van der Waals surface area (Å²) in [5, 5.41) is 31.8. The molecule has 0 fully saturated rings. The number of allylic oxidation sites excluding steroid dienone is 1. The van der Waals surface area contributed by atoms with Gasteiger partial charge in [0.2, 0.25) is 0 Å². The van der Waals surface area contributed by atoms with E-state index in [4.69, 9.17) is 17.0 Å². The minimum atomic E-state index is -0.780. The Labute approximate surface area is 171 Å². The first-order valence-corrected chi connectivity index (χ1v) is 8.90. The minimum Gasteiger partial charge on any atom is -0.868 e. The molecule has 1 heterocycles. The Hall–Kier alpha value is -3.66. The van der Waals surface area contributed by atoms with E-state index in [1.807, 2.05) is 0 Å². The van der Waals surface area contributed by atoms with Crippen molar-refractivity contribution in [3.63, 3.8) is 0 Å². The van der Waals surface area contributed by atoms with E-state index in [0.717, 1.165) is 12.1 Å². The number of thiocarbonyl (C=S) groups is 1. The summed E-state index contributed by atoms with van der Waals surface area (Å²) in [6.45, 7) is 1.67. The molecule has 0 aromatic heterocycles. The average Bonchev–Trinajstić information content (AvgIpc) is 2.67. The second-order valence-corrected chi connectivity index (χ2v) is 6.62. The third kappa shape index (κ3) is 4.11. The number of rotatable bonds is 5. The summed E-state index contributed by atoms with van der Waals surface area (Å²) in [7, 11) is 1.49. The Bertz CT molecular complexity index is 1040. The summed E-state index contributed by atoms with van der Waals surface area (Å²) < 4.78 is 5.25. The lowest BCUT2D eigenvalue weighted by atomic mass is 9.94. The molecule has 1 aliphatic rings. The molecule has 1 atom stereocenters. The molecule has 10 heteroatoms. The van der Waals surface area contributed by atoms with E-state index < -0.39 is 28.3 Å². The number of carbonyl (C=O) groups excluding carboxylic acids is 1. The van der Waals surface area contributed by atoms with E-state index >= 15 is 0 Å². The monoisotopic (exact) mass is 413 g/mol. The van der Waals surface area contributed by atoms with E-state index in [1.54, 1.807) is 31.2 Å². The summed E-state index contributed by atoms with van der Waals surface area (Å²) in [6, 6.07) is 9.82. The predicted octanol–water partition coefficient (Wildman–Crippen LogP) is 2.11. The fourth-order valence-corrected chi connectivity index (χ4v) is 3.31. The number of hydrogen-bond acceptors (Lipinski definition) is 6. The number of ether oxygens (including phenoxy) is 1. The van der Waals surface area contributed by atoms with Crippen LogP contribution in [0.1, 0.15) is 18.5 Å². The second-order valence-electron chi connectivity index (χ2n) is 6.21. The topological polar surface area (TPSA) is 129 Å². The highest BCUT2D eigenvalue weighted by Gasteiger charge is 2.31. The van der Waals surface area contributed by atoms with Crippen molar-refractivity contribution >= 4 is 34.6 Å². The summed E-state index contributed by atoms with van der Waals surface area (Å²) in [5.41, 5.74) is 1.02. The number of benzene rings is 2. The van der Waals surface area contributed by atoms with Crippen molar-refractivity contribution in [2.24, 2.45) is 0 Å². The summed E-state index contributed by atoms with van der Waals surface area (Å²) in [6.07, 6.45) is 0. The highest BCUT2D eigenvalue weighted by atomic mass is 32.1. The molecule has 3 rings (SSSR count). The van der Waals surface area contributed by atoms with Gasteiger partial charge >= 0.3 is 0 Å². The molecular weight excluding hydrogens is 396 g/mol. The minimum absolute atomic E-state index is 0.259. The van der Waals surface area contributed by atoms with Gasteiger partial charge < -0.3 is 25.8 Å². The molecule has 0 radical (unpaired) electrons. The second kappa shape index (κ2) is 8.15. The highest BCUT2D eigenvalue weighted by molar-refractivity contribution is 7.80. The van der Waals surface area contributed by atoms with Crippen LogP contribution in [0.2, 0.25) is 0 Å². The van der Waals surface area contributed by atoms with Gasteiger partial charge in [-0.3, -0.25) is 14.9 Å². The Kier molecular flexibility index (Phi) is 5.64. The Morgan fingerprint density at radius 2 is 2.00 bits per heavy atom. The maximum atomic E-state index is 13.1. The van der Waals surface area contributed by atoms with Gasteiger partial charge in [-0.05, 0) is 42.6 Å². The van der Waals surface area contributed by atoms with Gasteiger partial charge in [-0.15, -0.1) is 0 Å². The fourth-order valence-electron chi connectivity index (χ4n) is 3.04. The summed E-state index contributed by atoms with van der Waals surface area (Å²) in [5.74, 6) is -0.682. The number of carbonyl (C=O) groups is 1. The first-order valence-electron chi connectivity index (χ1n) is 8.49. The standard InChI is InChI=1S/C19H18N4O5S/c1-10-16(18(25)21-12-5-3-4-6-15(12)28-2)17(22-19(29)20-10)11-7-8-14(24)13(9-11)23(26)27/h3-9,17,24H,1-2H3,(H,21,25)(H2,20,22,29)/p-1/t17-/m0/s1. The van der Waals surface area contributed by atoms with Gasteiger partial charge in [0.05, 0.1) is 29.3 Å². The van der Waals surface area contributed by atoms with Gasteiger partial charge in [-0.25, -0.2) is 0 Å². The van der Waals surface area contributed by atoms with Crippen LogP contribution in [0.3, 0.4) is 0 Å². The van der Waals surface area contributed by atoms with Crippen LogP contribution in [0.5, 0.6) is 11.5 Å². The van der Waals surface area contributed by atoms with Gasteiger partial charge in [-0.2, -0.15) is 0 Å². The molecule has 0 saturated heterocycles. The SMILES string of the molecule is COc1ccccc1NC(=O)C1=C(C)NC(=S)N[C@H]1c1ccc([O-])c([N+](=O)[O-])c1. The van der Waals surface area contributed by atoms with Crippen LogP contribution >= 0.6 is 12.2 Å². The van der Waals surface area contributed by atoms with Crippen LogP contribution in [0, 0.1) is 10.1 Å². The van der Waals surface area contributed by atoms with E-state index in [0.29, 0.717) is 22.7 Å². The van der Waals surface area contributed by atoms with E-state index in [1.165, 1.54) is 13.2 Å². The van der Waals surface area contributed by atoms with Crippen LogP contribution in [0.15, 0.2) is 53.7 Å². The lowest BCUT2D eigenvalue weighted by Crippen LogP contribution is -2.45. The number of anilines is 1. The van der Waals surface area contributed by atoms with E-state index in [2.05, 4.69) is 16.0 Å². The number of para-hydroxylation sites is 2. The van der Waals surface area contributed by atoms with Crippen molar-refractivity contribution in [2.75, 3.05) is 12.4 Å². The lowest BCUT2D eigenvalue weighted by molar-refractivity contribution is -0.398. The molecule has 1 amide bonds. The Balaban J connectivity index is 2.01. The van der Waals surface area contributed by atoms with Crippen molar-refractivity contribution in [3.8, 4) is 11.5 Å². The smallest absolute Gasteiger partial charge is 0.262 e. The van der Waals surface area contributed by atoms with Gasteiger partial charge in [0, 0.05) is 11.8 Å². The molecule has 0 saturated carbocycles. The fraction of sp³-hybridized carbons (Fsp3) is 0.158. The predicted molar refractivity (Wildman–Crippen MR) is 108 cm³/mol. The number of nitrogens with zero attached hydrogens (tertiary/aromatic N) is 1. The van der Waals surface area contributed by atoms with Gasteiger partial charge in [0.1, 0.15) is 5.75 Å². The zero-order valence-electron chi connectivity index (χ0n) is 15.5. The zero-order chi connectivity index (χ0) is 21.1. The molecule has 2 aromatic carbocycles. The third-order valence-corrected chi connectivity index (χ3v) is 4.60. The van der Waals surface area contributed by atoms with Crippen molar-refractivity contribution < 1.29 is 19.6 Å². The van der Waals surface area contributed by atoms with Crippen molar-refractivity contribution in [3.05, 3.63) is 69.4 Å². The van der Waals surface area contributed by atoms with Gasteiger partial charge in [-0.1, -0.05) is 24.3 Å². The van der Waals surface area contributed by atoms with Crippen molar-refractivity contribution in [1.29, 1.82) is 0 Å². The number of methoxy groups -OCH3 is 1. The number of nitrogens with one attached hydrogen (secondary N) is 3. The molecule has 9 nitrogen and oxygen atoms in total. The van der Waals surface area contributed by atoms with Crippen LogP contribution in [0.4, 0.5) is 11.4 Å². The maximum Gasteiger partial charge on any atom is 0.262 e. The largest absolute Gasteiger partial charge is 0.868 e. The molecule has 29 heavy (non-hydrogen) atoms. The summed E-state index contributed by atoms with van der Waals surface area (Å²) in [4.78, 5) is 23.5.